The molecule has 2 aromatic rings. The van der Waals surface area contributed by atoms with Crippen molar-refractivity contribution < 1.29 is 18.8 Å². The summed E-state index contributed by atoms with van der Waals surface area (Å²) in [4.78, 5) is 23.8. The topological polar surface area (TPSA) is 105 Å². The van der Waals surface area contributed by atoms with Crippen molar-refractivity contribution in [3.63, 3.8) is 0 Å². The number of hydrogen-bond acceptors (Lipinski definition) is 7. The fourth-order valence-corrected chi connectivity index (χ4v) is 6.47. The van der Waals surface area contributed by atoms with E-state index in [9.17, 15) is 9.36 Å². The Hall–Kier alpha value is -3.65. The molecule has 0 radical (unpaired) electrons. The number of amidine groups is 1. The van der Waals surface area contributed by atoms with Crippen molar-refractivity contribution in [3.8, 4) is 5.75 Å². The van der Waals surface area contributed by atoms with Gasteiger partial charge in [0, 0.05) is 43.9 Å². The van der Waals surface area contributed by atoms with Crippen molar-refractivity contribution in [2.24, 2.45) is 15.9 Å². The number of carbonyl (C=O) groups is 1. The maximum absolute atomic E-state index is 12.8. The third kappa shape index (κ3) is 10.7. The zero-order valence-corrected chi connectivity index (χ0v) is 29.3. The van der Waals surface area contributed by atoms with Gasteiger partial charge in [0.05, 0.1) is 40.6 Å². The molecule has 0 aliphatic carbocycles. The number of para-hydroxylation sites is 1. The van der Waals surface area contributed by atoms with Gasteiger partial charge in [-0.2, -0.15) is 0 Å². The van der Waals surface area contributed by atoms with Crippen molar-refractivity contribution in [2.75, 3.05) is 62.3 Å². The Bertz CT molecular complexity index is 1530. The second-order valence-electron chi connectivity index (χ2n) is 11.5. The van der Waals surface area contributed by atoms with E-state index in [0.717, 1.165) is 57.7 Å². The monoisotopic (exact) mass is 667 g/mol. The highest BCUT2D eigenvalue weighted by Crippen LogP contribution is 2.40. The maximum Gasteiger partial charge on any atom is 0.247 e. The summed E-state index contributed by atoms with van der Waals surface area (Å²) in [6.45, 7) is 18.1. The molecule has 0 bridgehead atoms. The molecule has 1 aliphatic rings. The van der Waals surface area contributed by atoms with E-state index in [1.54, 1.807) is 33.4 Å². The molecule has 248 valence electrons. The van der Waals surface area contributed by atoms with Crippen LogP contribution >= 0.6 is 18.7 Å². The average Bonchev–Trinajstić information content (AvgIpc) is 3.50. The number of allylic oxidation sites excluding steroid dienone is 2. The molecule has 0 saturated carbocycles. The zero-order valence-electron chi connectivity index (χ0n) is 27.6. The summed E-state index contributed by atoms with van der Waals surface area (Å²) in [5.41, 5.74) is 3.11. The predicted molar refractivity (Wildman–Crippen MR) is 196 cm³/mol. The average molecular weight is 668 g/mol. The minimum atomic E-state index is -2.56. The van der Waals surface area contributed by atoms with Gasteiger partial charge >= 0.3 is 0 Å². The number of carbonyl (C=O) groups excluding carboxylic acids is 1. The summed E-state index contributed by atoms with van der Waals surface area (Å²) in [5.74, 6) is 1.36. The zero-order chi connectivity index (χ0) is 33.7. The van der Waals surface area contributed by atoms with E-state index in [1.165, 1.54) is 18.4 Å². The third-order valence-electron chi connectivity index (χ3n) is 7.47. The van der Waals surface area contributed by atoms with Crippen LogP contribution in [0.15, 0.2) is 82.9 Å². The molecule has 2 N–H and O–H groups in total. The molecule has 1 amide bonds. The lowest BCUT2D eigenvalue weighted by atomic mass is 10.0. The number of hydrogen-bond donors (Lipinski definition) is 2. The minimum absolute atomic E-state index is 0.259. The highest BCUT2D eigenvalue weighted by atomic mass is 35.5. The number of nitrogens with one attached hydrogen (secondary N) is 2. The molecule has 1 aliphatic heterocycles. The van der Waals surface area contributed by atoms with E-state index < -0.39 is 7.14 Å². The molecule has 0 aromatic heterocycles. The molecule has 0 spiro atoms. The largest absolute Gasteiger partial charge is 0.494 e. The molecule has 46 heavy (non-hydrogen) atoms. The van der Waals surface area contributed by atoms with E-state index in [4.69, 9.17) is 21.1 Å². The Kier molecular flexibility index (Phi) is 14.3. The molecule has 3 rings (SSSR count). The van der Waals surface area contributed by atoms with Crippen molar-refractivity contribution in [3.05, 3.63) is 72.9 Å². The standard InChI is InChI=1S/C35H47ClN5O4P/c1-8-19-45-20-13-14-26-17-18-41(24-26)32-22-33(44-5)31(21-30(32)40-35(42)10-3)38-25(4)37-23-27(36)28(9-2)39-29-15-11-12-16-34(29)46(6,7)43/h9-12,15-16,21-23,26H,2-3,8,13-14,17-20,24H2,1,4-7H3,(H,37,38)(H,40,42). The maximum atomic E-state index is 12.8. The molecule has 1 unspecified atom stereocenters. The van der Waals surface area contributed by atoms with Crippen LogP contribution in [0.3, 0.4) is 0 Å². The number of amides is 1. The van der Waals surface area contributed by atoms with Crippen LogP contribution in [0.2, 0.25) is 0 Å². The van der Waals surface area contributed by atoms with Gasteiger partial charge < -0.3 is 29.6 Å². The van der Waals surface area contributed by atoms with Crippen LogP contribution in [0.5, 0.6) is 5.75 Å². The van der Waals surface area contributed by atoms with Crippen LogP contribution in [-0.4, -0.2) is 64.2 Å². The van der Waals surface area contributed by atoms with Crippen LogP contribution in [0.4, 0.5) is 22.7 Å². The predicted octanol–water partition coefficient (Wildman–Crippen LogP) is 7.97. The van der Waals surface area contributed by atoms with Crippen LogP contribution in [0.1, 0.15) is 39.5 Å². The van der Waals surface area contributed by atoms with Gasteiger partial charge in [-0.05, 0) is 82.2 Å². The van der Waals surface area contributed by atoms with Crippen LogP contribution in [-0.2, 0) is 14.1 Å². The number of benzene rings is 2. The van der Waals surface area contributed by atoms with E-state index in [0.29, 0.717) is 45.6 Å². The second kappa shape index (κ2) is 17.9. The second-order valence-corrected chi connectivity index (χ2v) is 15.1. The lowest BCUT2D eigenvalue weighted by molar-refractivity contribution is -0.111. The van der Waals surface area contributed by atoms with Crippen LogP contribution in [0.25, 0.3) is 0 Å². The number of halogens is 1. The molecule has 1 saturated heterocycles. The lowest BCUT2D eigenvalue weighted by Crippen LogP contribution is -2.22. The Labute approximate surface area is 278 Å². The van der Waals surface area contributed by atoms with Gasteiger partial charge in [0.2, 0.25) is 5.91 Å². The summed E-state index contributed by atoms with van der Waals surface area (Å²) in [6, 6.07) is 11.0. The molecule has 11 heteroatoms. The Balaban J connectivity index is 1.84. The van der Waals surface area contributed by atoms with Crippen molar-refractivity contribution in [1.82, 2.24) is 0 Å². The van der Waals surface area contributed by atoms with Gasteiger partial charge in [-0.15, -0.1) is 0 Å². The van der Waals surface area contributed by atoms with Crippen LogP contribution in [0, 0.1) is 5.92 Å². The fourth-order valence-electron chi connectivity index (χ4n) is 5.18. The summed E-state index contributed by atoms with van der Waals surface area (Å²) < 4.78 is 24.2. The van der Waals surface area contributed by atoms with Gasteiger partial charge in [-0.1, -0.05) is 43.8 Å². The Morgan fingerprint density at radius 1 is 1.15 bits per heavy atom. The summed E-state index contributed by atoms with van der Waals surface area (Å²) >= 11 is 6.59. The number of aliphatic imine (C=N–C) groups is 2. The number of nitrogens with zero attached hydrogens (tertiary/aromatic N) is 3. The highest BCUT2D eigenvalue weighted by molar-refractivity contribution is 7.70. The molecule has 9 nitrogen and oxygen atoms in total. The number of methoxy groups -OCH3 is 1. The smallest absolute Gasteiger partial charge is 0.247 e. The van der Waals surface area contributed by atoms with Crippen molar-refractivity contribution in [2.45, 2.75) is 39.5 Å². The minimum Gasteiger partial charge on any atom is -0.494 e. The lowest BCUT2D eigenvalue weighted by Gasteiger charge is -2.24. The first-order valence-electron chi connectivity index (χ1n) is 15.5. The van der Waals surface area contributed by atoms with Gasteiger partial charge in [0.1, 0.15) is 18.7 Å². The number of anilines is 3. The first kappa shape index (κ1) is 36.8. The van der Waals surface area contributed by atoms with E-state index >= 15 is 0 Å². The summed E-state index contributed by atoms with van der Waals surface area (Å²) in [7, 11) is -0.955. The Morgan fingerprint density at radius 2 is 1.91 bits per heavy atom. The normalized spacial score (nSPS) is 15.9. The van der Waals surface area contributed by atoms with Crippen molar-refractivity contribution >= 4 is 64.3 Å². The van der Waals surface area contributed by atoms with Gasteiger partial charge in [0.15, 0.2) is 0 Å². The van der Waals surface area contributed by atoms with Gasteiger partial charge in [-0.25, -0.2) is 9.98 Å². The summed E-state index contributed by atoms with van der Waals surface area (Å²) in [6.07, 6.45) is 8.49. The molecule has 1 atom stereocenters. The highest BCUT2D eigenvalue weighted by Gasteiger charge is 2.26. The van der Waals surface area contributed by atoms with Gasteiger partial charge in [0.25, 0.3) is 0 Å². The number of rotatable bonds is 16. The molecule has 1 fully saturated rings. The molecule has 2 aromatic carbocycles. The van der Waals surface area contributed by atoms with Gasteiger partial charge in [-0.3, -0.25) is 4.79 Å². The molecule has 1 heterocycles. The number of ether oxygens (including phenoxy) is 2. The van der Waals surface area contributed by atoms with Crippen LogP contribution < -0.4 is 25.6 Å². The third-order valence-corrected chi connectivity index (χ3v) is 9.29. The first-order valence-corrected chi connectivity index (χ1v) is 18.5. The quantitative estimate of drug-likeness (QED) is 0.0619. The molecular weight excluding hydrogens is 621 g/mol. The van der Waals surface area contributed by atoms with E-state index in [1.807, 2.05) is 30.3 Å². The van der Waals surface area contributed by atoms with E-state index in [2.05, 4.69) is 45.6 Å². The van der Waals surface area contributed by atoms with E-state index in [-0.39, 0.29) is 10.9 Å². The fraction of sp³-hybridized carbons (Fsp3) is 0.400. The SMILES string of the molecule is C=CC(=O)Nc1cc(NC(C)=NC=C(Cl)C(C=C)=Nc2ccccc2P(C)(C)=O)c(OC)cc1N1CCC(CCCOCCC)C1. The first-order chi connectivity index (χ1) is 22.0. The van der Waals surface area contributed by atoms with Crippen molar-refractivity contribution in [1.29, 1.82) is 0 Å². The molecular formula is C35H47ClN5O4P. The summed E-state index contributed by atoms with van der Waals surface area (Å²) in [5, 5.41) is 7.15. The Morgan fingerprint density at radius 3 is 2.59 bits per heavy atom.